The summed E-state index contributed by atoms with van der Waals surface area (Å²) in [5.74, 6) is -0.548. The van der Waals surface area contributed by atoms with E-state index in [0.29, 0.717) is 54.7 Å². The van der Waals surface area contributed by atoms with Crippen LogP contribution in [0, 0.1) is 5.82 Å². The number of aromatic nitrogens is 2. The van der Waals surface area contributed by atoms with E-state index in [0.717, 1.165) is 63.8 Å². The molecule has 2 atom stereocenters. The fourth-order valence-corrected chi connectivity index (χ4v) is 10.5. The second-order valence-corrected chi connectivity index (χ2v) is 17.4. The van der Waals surface area contributed by atoms with Gasteiger partial charge in [0.05, 0.1) is 29.3 Å². The van der Waals surface area contributed by atoms with Gasteiger partial charge in [-0.25, -0.2) is 9.37 Å². The Balaban J connectivity index is 1.07. The molecule has 0 radical (unpaired) electrons. The molecular formula is C46H48FN5O4S. The number of carbonyl (C=O) groups is 3. The van der Waals surface area contributed by atoms with Crippen molar-refractivity contribution in [2.45, 2.75) is 102 Å². The topological polar surface area (TPSA) is 106 Å². The number of halogens is 1. The van der Waals surface area contributed by atoms with Crippen LogP contribution in [0.15, 0.2) is 78.5 Å². The molecule has 9 rings (SSSR count). The fraction of sp³-hybridized carbons (Fsp3) is 0.391. The average molecular weight is 786 g/mol. The molecular weight excluding hydrogens is 738 g/mol. The smallest absolute Gasteiger partial charge is 0.252 e. The van der Waals surface area contributed by atoms with E-state index in [1.165, 1.54) is 48.3 Å². The number of ether oxygens (including phenoxy) is 1. The van der Waals surface area contributed by atoms with Crippen LogP contribution in [0.1, 0.15) is 99.0 Å². The molecule has 2 aromatic heterocycles. The Hall–Kier alpha value is -5.13. The van der Waals surface area contributed by atoms with Gasteiger partial charge in [0.25, 0.3) is 17.7 Å². The molecule has 0 bridgehead atoms. The lowest BCUT2D eigenvalue weighted by atomic mass is 9.81. The standard InChI is InChI=1S/C46H48FN5O4S/c1-28-25-51(26-29(2)56-28)43(54)34-22-32-12-6-7-13-36(32)41-40(31-10-4-3-5-11-31)37-19-16-33(23-38(37)52(41)27-34)42(53)50-46(20-8-9-21-46)44(55)49-45-48-24-39(57-45)30-14-17-35(47)18-15-30/h6-7,12-19,22-24,28-29,31H,3-5,8-11,20-21,25-27H2,1-2H3,(H,50,53)(H,48,49,55)/t28-,29+. The van der Waals surface area contributed by atoms with Gasteiger partial charge in [0, 0.05) is 46.9 Å². The Bertz CT molecular complexity index is 2380. The molecule has 0 spiro atoms. The zero-order valence-electron chi connectivity index (χ0n) is 32.5. The van der Waals surface area contributed by atoms with Crippen molar-refractivity contribution in [3.63, 3.8) is 0 Å². The zero-order chi connectivity index (χ0) is 39.3. The minimum Gasteiger partial charge on any atom is -0.372 e. The number of carbonyl (C=O) groups excluding carboxylic acids is 3. The zero-order valence-corrected chi connectivity index (χ0v) is 33.3. The Labute approximate surface area is 336 Å². The van der Waals surface area contributed by atoms with Crippen LogP contribution >= 0.6 is 11.3 Å². The van der Waals surface area contributed by atoms with Crippen molar-refractivity contribution in [1.82, 2.24) is 19.8 Å². The molecule has 1 saturated heterocycles. The Morgan fingerprint density at radius 1 is 0.912 bits per heavy atom. The number of anilines is 1. The van der Waals surface area contributed by atoms with Crippen LogP contribution in [0.25, 0.3) is 38.7 Å². The number of amides is 3. The lowest BCUT2D eigenvalue weighted by molar-refractivity contribution is -0.139. The quantitative estimate of drug-likeness (QED) is 0.171. The molecule has 0 unspecified atom stereocenters. The average Bonchev–Trinajstić information content (AvgIpc) is 3.94. The first kappa shape index (κ1) is 37.4. The Kier molecular flexibility index (Phi) is 10.1. The highest BCUT2D eigenvalue weighted by Crippen LogP contribution is 2.47. The van der Waals surface area contributed by atoms with Gasteiger partial charge in [0.1, 0.15) is 11.4 Å². The minimum absolute atomic E-state index is 0.00817. The molecule has 11 heteroatoms. The van der Waals surface area contributed by atoms with Crippen molar-refractivity contribution in [3.8, 4) is 21.7 Å². The molecule has 2 saturated carbocycles. The molecule has 3 fully saturated rings. The minimum atomic E-state index is -1.09. The third-order valence-electron chi connectivity index (χ3n) is 12.3. The van der Waals surface area contributed by atoms with E-state index in [2.05, 4.69) is 50.5 Å². The van der Waals surface area contributed by atoms with Crippen LogP contribution in [-0.2, 0) is 20.9 Å². The van der Waals surface area contributed by atoms with Gasteiger partial charge in [-0.05, 0) is 92.5 Å². The highest BCUT2D eigenvalue weighted by molar-refractivity contribution is 7.19. The maximum atomic E-state index is 14.4. The van der Waals surface area contributed by atoms with Crippen LogP contribution in [-0.4, -0.2) is 63.0 Å². The number of nitrogens with one attached hydrogen (secondary N) is 2. The number of benzene rings is 3. The van der Waals surface area contributed by atoms with Crippen molar-refractivity contribution in [1.29, 1.82) is 0 Å². The molecule has 3 aromatic carbocycles. The highest BCUT2D eigenvalue weighted by Gasteiger charge is 2.43. The van der Waals surface area contributed by atoms with Gasteiger partial charge in [-0.1, -0.05) is 85.9 Å². The van der Waals surface area contributed by atoms with Crippen molar-refractivity contribution in [2.75, 3.05) is 18.4 Å². The molecule has 9 nitrogen and oxygen atoms in total. The lowest BCUT2D eigenvalue weighted by Crippen LogP contribution is -2.55. The van der Waals surface area contributed by atoms with Crippen LogP contribution in [0.5, 0.6) is 0 Å². The molecule has 2 aliphatic carbocycles. The van der Waals surface area contributed by atoms with Crippen LogP contribution in [0.2, 0.25) is 0 Å². The molecule has 5 aromatic rings. The van der Waals surface area contributed by atoms with E-state index in [4.69, 9.17) is 4.74 Å². The van der Waals surface area contributed by atoms with E-state index in [1.807, 2.05) is 36.9 Å². The fourth-order valence-electron chi connectivity index (χ4n) is 9.67. The molecule has 4 heterocycles. The largest absolute Gasteiger partial charge is 0.372 e. The first-order valence-corrected chi connectivity index (χ1v) is 21.2. The molecule has 4 aliphatic rings. The third kappa shape index (κ3) is 7.20. The number of hydrogen-bond donors (Lipinski definition) is 2. The Morgan fingerprint density at radius 3 is 2.40 bits per heavy atom. The van der Waals surface area contributed by atoms with Gasteiger partial charge >= 0.3 is 0 Å². The van der Waals surface area contributed by atoms with E-state index < -0.39 is 5.54 Å². The third-order valence-corrected chi connectivity index (χ3v) is 13.3. The summed E-state index contributed by atoms with van der Waals surface area (Å²) in [7, 11) is 0. The number of morpholine rings is 1. The summed E-state index contributed by atoms with van der Waals surface area (Å²) in [4.78, 5) is 50.0. The van der Waals surface area contributed by atoms with Gasteiger partial charge in [-0.15, -0.1) is 0 Å². The van der Waals surface area contributed by atoms with Crippen molar-refractivity contribution < 1.29 is 23.5 Å². The van der Waals surface area contributed by atoms with Crippen molar-refractivity contribution >= 4 is 51.2 Å². The highest BCUT2D eigenvalue weighted by atomic mass is 32.1. The summed E-state index contributed by atoms with van der Waals surface area (Å²) in [6.07, 6.45) is 12.1. The van der Waals surface area contributed by atoms with Crippen molar-refractivity contribution in [3.05, 3.63) is 101 Å². The number of rotatable bonds is 7. The summed E-state index contributed by atoms with van der Waals surface area (Å²) in [5.41, 5.74) is 6.35. The molecule has 2 N–H and O–H groups in total. The molecule has 3 amide bonds. The van der Waals surface area contributed by atoms with Crippen molar-refractivity contribution in [2.24, 2.45) is 0 Å². The van der Waals surface area contributed by atoms with E-state index in [-0.39, 0.29) is 35.7 Å². The second-order valence-electron chi connectivity index (χ2n) is 16.4. The van der Waals surface area contributed by atoms with Gasteiger partial charge in [-0.2, -0.15) is 0 Å². The number of thiazole rings is 1. The molecule has 2 aliphatic heterocycles. The van der Waals surface area contributed by atoms with Gasteiger partial charge in [0.15, 0.2) is 5.13 Å². The van der Waals surface area contributed by atoms with Crippen LogP contribution in [0.3, 0.4) is 0 Å². The lowest BCUT2D eigenvalue weighted by Gasteiger charge is -2.35. The predicted octanol–water partition coefficient (Wildman–Crippen LogP) is 9.33. The summed E-state index contributed by atoms with van der Waals surface area (Å²) in [5, 5.41) is 7.70. The summed E-state index contributed by atoms with van der Waals surface area (Å²) >= 11 is 1.31. The maximum Gasteiger partial charge on any atom is 0.252 e. The van der Waals surface area contributed by atoms with Crippen LogP contribution < -0.4 is 10.6 Å². The number of nitrogens with zero attached hydrogens (tertiary/aromatic N) is 3. The monoisotopic (exact) mass is 785 g/mol. The predicted molar refractivity (Wildman–Crippen MR) is 223 cm³/mol. The van der Waals surface area contributed by atoms with E-state index >= 15 is 0 Å². The SMILES string of the molecule is C[C@@H]1CN(C(=O)C2=Cc3ccccc3-c3c(C4CCCCC4)c4ccc(C(=O)NC5(C(=O)Nc6ncc(-c7ccc(F)cc7)s6)CCCC5)cc4n3C2)C[C@H](C)O1. The van der Waals surface area contributed by atoms with Crippen LogP contribution in [0.4, 0.5) is 9.52 Å². The summed E-state index contributed by atoms with van der Waals surface area (Å²) in [6, 6.07) is 20.5. The molecule has 57 heavy (non-hydrogen) atoms. The Morgan fingerprint density at radius 2 is 1.65 bits per heavy atom. The van der Waals surface area contributed by atoms with Gasteiger partial charge < -0.3 is 19.5 Å². The normalized spacial score (nSPS) is 20.7. The van der Waals surface area contributed by atoms with Gasteiger partial charge in [-0.3, -0.25) is 19.7 Å². The molecule has 294 valence electrons. The number of fused-ring (bicyclic) bond motifs is 5. The first-order chi connectivity index (χ1) is 27.7. The first-order valence-electron chi connectivity index (χ1n) is 20.4. The second kappa shape index (κ2) is 15.3. The van der Waals surface area contributed by atoms with E-state index in [1.54, 1.807) is 18.3 Å². The summed E-state index contributed by atoms with van der Waals surface area (Å²) < 4.78 is 21.8. The van der Waals surface area contributed by atoms with E-state index in [9.17, 15) is 18.8 Å². The van der Waals surface area contributed by atoms with Gasteiger partial charge in [0.2, 0.25) is 0 Å². The summed E-state index contributed by atoms with van der Waals surface area (Å²) in [6.45, 7) is 5.46. The number of hydrogen-bond acceptors (Lipinski definition) is 6. The maximum absolute atomic E-state index is 14.4.